The number of hydrogen-bond acceptors (Lipinski definition) is 4. The van der Waals surface area contributed by atoms with Gasteiger partial charge in [-0.3, -0.25) is 9.69 Å². The van der Waals surface area contributed by atoms with E-state index in [2.05, 4.69) is 46.1 Å². The molecule has 0 saturated carbocycles. The predicted molar refractivity (Wildman–Crippen MR) is 113 cm³/mol. The molecule has 0 aliphatic carbocycles. The van der Waals surface area contributed by atoms with Gasteiger partial charge in [0, 0.05) is 26.2 Å². The van der Waals surface area contributed by atoms with Crippen LogP contribution in [0.5, 0.6) is 0 Å². The van der Waals surface area contributed by atoms with Gasteiger partial charge in [-0.05, 0) is 62.7 Å². The number of imidazole rings is 1. The average molecular weight is 397 g/mol. The summed E-state index contributed by atoms with van der Waals surface area (Å²) in [6.45, 7) is 7.68. The fraction of sp³-hybridized carbons (Fsp3) is 0.565. The average Bonchev–Trinajstić information content (AvgIpc) is 3.44. The Bertz CT molecular complexity index is 778. The van der Waals surface area contributed by atoms with Gasteiger partial charge in [0.05, 0.1) is 18.6 Å². The van der Waals surface area contributed by atoms with Crippen molar-refractivity contribution < 1.29 is 9.53 Å². The largest absolute Gasteiger partial charge is 0.376 e. The topological polar surface area (TPSA) is 61.5 Å². The van der Waals surface area contributed by atoms with Crippen molar-refractivity contribution in [3.63, 3.8) is 0 Å². The minimum Gasteiger partial charge on any atom is -0.376 e. The highest BCUT2D eigenvalue weighted by Crippen LogP contribution is 2.23. The summed E-state index contributed by atoms with van der Waals surface area (Å²) in [5, 5.41) is 0. The molecule has 0 bridgehead atoms. The second kappa shape index (κ2) is 9.55. The van der Waals surface area contributed by atoms with Crippen molar-refractivity contribution in [2.24, 2.45) is 5.92 Å². The molecule has 6 nitrogen and oxygen atoms in total. The standard InChI is InChI=1S/C23H32N4O2/c1-18-5-2-3-6-20(18)15-26-10-8-19(9-11-26)14-27(16-21-7-4-12-29-21)23(28)22-13-24-17-25-22/h2-3,5-6,13,17,19,21H,4,7-12,14-16H2,1H3,(H,24,25)/t21-/m0/s1. The normalized spacial score (nSPS) is 20.8. The highest BCUT2D eigenvalue weighted by molar-refractivity contribution is 5.92. The quantitative estimate of drug-likeness (QED) is 0.780. The lowest BCUT2D eigenvalue weighted by molar-refractivity contribution is 0.0441. The number of nitrogens with zero attached hydrogens (tertiary/aromatic N) is 3. The lowest BCUT2D eigenvalue weighted by Gasteiger charge is -2.35. The first-order valence-electron chi connectivity index (χ1n) is 10.8. The van der Waals surface area contributed by atoms with Gasteiger partial charge in [0.2, 0.25) is 0 Å². The van der Waals surface area contributed by atoms with Gasteiger partial charge in [0.1, 0.15) is 5.69 Å². The SMILES string of the molecule is Cc1ccccc1CN1CCC(CN(C[C@@H]2CCCO2)C(=O)c2cnc[nH]2)CC1. The van der Waals surface area contributed by atoms with Crippen molar-refractivity contribution in [2.45, 2.75) is 45.3 Å². The van der Waals surface area contributed by atoms with Crippen LogP contribution in [0.15, 0.2) is 36.8 Å². The molecule has 2 aliphatic heterocycles. The number of aryl methyl sites for hydroxylation is 1. The Hall–Kier alpha value is -2.18. The Morgan fingerprint density at radius 1 is 1.24 bits per heavy atom. The summed E-state index contributed by atoms with van der Waals surface area (Å²) in [4.78, 5) is 24.5. The third-order valence-electron chi connectivity index (χ3n) is 6.30. The molecule has 156 valence electrons. The fourth-order valence-corrected chi connectivity index (χ4v) is 4.48. The molecule has 0 radical (unpaired) electrons. The van der Waals surface area contributed by atoms with Crippen LogP contribution in [0.4, 0.5) is 0 Å². The fourth-order valence-electron chi connectivity index (χ4n) is 4.48. The van der Waals surface area contributed by atoms with Gasteiger partial charge in [0.25, 0.3) is 5.91 Å². The molecule has 1 aromatic heterocycles. The Labute approximate surface area is 173 Å². The van der Waals surface area contributed by atoms with E-state index in [-0.39, 0.29) is 12.0 Å². The number of carbonyl (C=O) groups excluding carboxylic acids is 1. The maximum absolute atomic E-state index is 13.0. The number of likely N-dealkylation sites (tertiary alicyclic amines) is 1. The first-order chi connectivity index (χ1) is 14.2. The van der Waals surface area contributed by atoms with Crippen LogP contribution < -0.4 is 0 Å². The molecule has 1 atom stereocenters. The zero-order chi connectivity index (χ0) is 20.1. The van der Waals surface area contributed by atoms with Crippen molar-refractivity contribution in [3.05, 3.63) is 53.6 Å². The van der Waals surface area contributed by atoms with Gasteiger partial charge in [0.15, 0.2) is 0 Å². The molecule has 6 heteroatoms. The number of H-pyrrole nitrogens is 1. The number of piperidine rings is 1. The molecule has 29 heavy (non-hydrogen) atoms. The lowest BCUT2D eigenvalue weighted by atomic mass is 9.95. The van der Waals surface area contributed by atoms with E-state index in [1.54, 1.807) is 12.5 Å². The number of rotatable bonds is 7. The number of ether oxygens (including phenoxy) is 1. The Kier molecular flexibility index (Phi) is 6.62. The smallest absolute Gasteiger partial charge is 0.272 e. The van der Waals surface area contributed by atoms with Crippen molar-refractivity contribution in [3.8, 4) is 0 Å². The second-order valence-electron chi connectivity index (χ2n) is 8.46. The van der Waals surface area contributed by atoms with Gasteiger partial charge in [-0.2, -0.15) is 0 Å². The molecule has 2 aromatic rings. The molecule has 4 rings (SSSR count). The highest BCUT2D eigenvalue weighted by atomic mass is 16.5. The number of carbonyl (C=O) groups is 1. The first-order valence-corrected chi connectivity index (χ1v) is 10.8. The monoisotopic (exact) mass is 396 g/mol. The summed E-state index contributed by atoms with van der Waals surface area (Å²) in [5.74, 6) is 0.580. The first kappa shape index (κ1) is 20.1. The van der Waals surface area contributed by atoms with E-state index in [0.717, 1.165) is 58.5 Å². The zero-order valence-corrected chi connectivity index (χ0v) is 17.3. The predicted octanol–water partition coefficient (Wildman–Crippen LogP) is 3.25. The number of amides is 1. The van der Waals surface area contributed by atoms with Crippen LogP contribution in [0.3, 0.4) is 0 Å². The van der Waals surface area contributed by atoms with E-state index in [9.17, 15) is 4.79 Å². The van der Waals surface area contributed by atoms with Crippen LogP contribution in [0, 0.1) is 12.8 Å². The molecule has 1 aromatic carbocycles. The van der Waals surface area contributed by atoms with Crippen LogP contribution >= 0.6 is 0 Å². The number of aromatic amines is 1. The Balaban J connectivity index is 1.33. The molecule has 0 spiro atoms. The van der Waals surface area contributed by atoms with Crippen molar-refractivity contribution in [1.29, 1.82) is 0 Å². The van der Waals surface area contributed by atoms with Gasteiger partial charge in [-0.1, -0.05) is 24.3 Å². The Morgan fingerprint density at radius 3 is 2.76 bits per heavy atom. The summed E-state index contributed by atoms with van der Waals surface area (Å²) >= 11 is 0. The summed E-state index contributed by atoms with van der Waals surface area (Å²) in [6, 6.07) is 8.64. The van der Waals surface area contributed by atoms with E-state index in [1.807, 2.05) is 4.90 Å². The molecule has 2 fully saturated rings. The van der Waals surface area contributed by atoms with Crippen molar-refractivity contribution >= 4 is 5.91 Å². The molecule has 1 amide bonds. The summed E-state index contributed by atoms with van der Waals surface area (Å²) in [5.41, 5.74) is 3.35. The maximum atomic E-state index is 13.0. The molecule has 0 unspecified atom stereocenters. The number of nitrogens with one attached hydrogen (secondary N) is 1. The van der Waals surface area contributed by atoms with Crippen LogP contribution in [-0.2, 0) is 11.3 Å². The Morgan fingerprint density at radius 2 is 2.07 bits per heavy atom. The van der Waals surface area contributed by atoms with E-state index in [1.165, 1.54) is 11.1 Å². The maximum Gasteiger partial charge on any atom is 0.272 e. The summed E-state index contributed by atoms with van der Waals surface area (Å²) < 4.78 is 5.81. The van der Waals surface area contributed by atoms with Gasteiger partial charge >= 0.3 is 0 Å². The highest BCUT2D eigenvalue weighted by Gasteiger charge is 2.28. The van der Waals surface area contributed by atoms with Crippen molar-refractivity contribution in [2.75, 3.05) is 32.8 Å². The minimum absolute atomic E-state index is 0.0420. The van der Waals surface area contributed by atoms with Crippen LogP contribution in [0.1, 0.15) is 47.3 Å². The van der Waals surface area contributed by atoms with Crippen molar-refractivity contribution in [1.82, 2.24) is 19.8 Å². The van der Waals surface area contributed by atoms with Gasteiger partial charge in [-0.15, -0.1) is 0 Å². The van der Waals surface area contributed by atoms with Crippen LogP contribution in [0.2, 0.25) is 0 Å². The minimum atomic E-state index is 0.0420. The van der Waals surface area contributed by atoms with Gasteiger partial charge < -0.3 is 14.6 Å². The van der Waals surface area contributed by atoms with E-state index in [0.29, 0.717) is 18.2 Å². The van der Waals surface area contributed by atoms with Gasteiger partial charge in [-0.25, -0.2) is 4.98 Å². The number of benzene rings is 1. The van der Waals surface area contributed by atoms with Crippen LogP contribution in [0.25, 0.3) is 0 Å². The molecular formula is C23H32N4O2. The summed E-state index contributed by atoms with van der Waals surface area (Å²) in [7, 11) is 0. The molecule has 2 saturated heterocycles. The zero-order valence-electron chi connectivity index (χ0n) is 17.3. The number of hydrogen-bond donors (Lipinski definition) is 1. The van der Waals surface area contributed by atoms with E-state index < -0.39 is 0 Å². The second-order valence-corrected chi connectivity index (χ2v) is 8.46. The van der Waals surface area contributed by atoms with Crippen LogP contribution in [-0.4, -0.2) is 64.6 Å². The van der Waals surface area contributed by atoms with E-state index in [4.69, 9.17) is 4.74 Å². The molecule has 3 heterocycles. The third-order valence-corrected chi connectivity index (χ3v) is 6.30. The lowest BCUT2D eigenvalue weighted by Crippen LogP contribution is -2.43. The van der Waals surface area contributed by atoms with E-state index >= 15 is 0 Å². The molecule has 2 aliphatic rings. The molecule has 1 N–H and O–H groups in total. The summed E-state index contributed by atoms with van der Waals surface area (Å²) in [6.07, 6.45) is 7.75. The molecular weight excluding hydrogens is 364 g/mol. The third kappa shape index (κ3) is 5.25. The number of aromatic nitrogens is 2.